The highest BCUT2D eigenvalue weighted by atomic mass is 35.5. The highest BCUT2D eigenvalue weighted by Gasteiger charge is 2.33. The number of carbonyl (C=O) groups excluding carboxylic acids is 2. The van der Waals surface area contributed by atoms with E-state index in [0.717, 1.165) is 4.31 Å². The van der Waals surface area contributed by atoms with Crippen LogP contribution in [0.25, 0.3) is 0 Å². The number of amides is 2. The molecular formula is C28H31Cl2N3O6S. The van der Waals surface area contributed by atoms with Crippen molar-refractivity contribution in [2.45, 2.75) is 31.3 Å². The Morgan fingerprint density at radius 3 is 2.12 bits per heavy atom. The van der Waals surface area contributed by atoms with Crippen LogP contribution >= 0.6 is 23.2 Å². The third-order valence-corrected chi connectivity index (χ3v) is 8.67. The van der Waals surface area contributed by atoms with Gasteiger partial charge in [0.15, 0.2) is 11.5 Å². The summed E-state index contributed by atoms with van der Waals surface area (Å²) in [7, 11) is -1.35. The molecule has 3 aromatic rings. The number of halogens is 2. The average Bonchev–Trinajstić information content (AvgIpc) is 2.95. The third-order valence-electron chi connectivity index (χ3n) is 6.17. The predicted octanol–water partition coefficient (Wildman–Crippen LogP) is 4.76. The summed E-state index contributed by atoms with van der Waals surface area (Å²) in [4.78, 5) is 28.0. The molecule has 0 aromatic heterocycles. The maximum absolute atomic E-state index is 14.0. The Morgan fingerprint density at radius 1 is 0.925 bits per heavy atom. The summed E-state index contributed by atoms with van der Waals surface area (Å²) in [5.74, 6) is -0.405. The number of sulfonamides is 1. The second kappa shape index (κ2) is 13.7. The number of hydrogen-bond acceptors (Lipinski definition) is 6. The lowest BCUT2D eigenvalue weighted by Gasteiger charge is -2.32. The number of methoxy groups -OCH3 is 2. The fraction of sp³-hybridized carbons (Fsp3) is 0.286. The molecule has 2 amide bonds. The van der Waals surface area contributed by atoms with Crippen LogP contribution in [-0.2, 0) is 26.2 Å². The fourth-order valence-electron chi connectivity index (χ4n) is 3.99. The lowest BCUT2D eigenvalue weighted by atomic mass is 10.1. The Kier molecular flexibility index (Phi) is 10.7. The number of ether oxygens (including phenoxy) is 2. The normalized spacial score (nSPS) is 11.8. The molecule has 0 saturated carbocycles. The number of anilines is 1. The molecule has 0 fully saturated rings. The van der Waals surface area contributed by atoms with Crippen molar-refractivity contribution in [3.8, 4) is 11.5 Å². The summed E-state index contributed by atoms with van der Waals surface area (Å²) in [5, 5.41) is 3.32. The Hall–Kier alpha value is -3.47. The minimum absolute atomic E-state index is 0.0185. The number of nitrogens with one attached hydrogen (secondary N) is 1. The van der Waals surface area contributed by atoms with E-state index in [1.807, 2.05) is 0 Å². The second-order valence-electron chi connectivity index (χ2n) is 8.66. The Bertz CT molecular complexity index is 1430. The molecule has 1 atom stereocenters. The van der Waals surface area contributed by atoms with E-state index < -0.39 is 34.4 Å². The van der Waals surface area contributed by atoms with Crippen LogP contribution in [0, 0.1) is 0 Å². The SMILES string of the molecule is CCNC(=O)C(C)N(Cc1c(Cl)cccc1Cl)C(=O)CN(c1ccc(OC)c(OC)c1)S(=O)(=O)c1ccccc1. The average molecular weight is 609 g/mol. The maximum atomic E-state index is 14.0. The number of carbonyl (C=O) groups is 2. The molecule has 214 valence electrons. The topological polar surface area (TPSA) is 105 Å². The molecule has 0 bridgehead atoms. The van der Waals surface area contributed by atoms with E-state index >= 15 is 0 Å². The highest BCUT2D eigenvalue weighted by Crippen LogP contribution is 2.34. The summed E-state index contributed by atoms with van der Waals surface area (Å²) < 4.78 is 39.4. The number of nitrogens with zero attached hydrogens (tertiary/aromatic N) is 2. The summed E-state index contributed by atoms with van der Waals surface area (Å²) in [6.07, 6.45) is 0. The standard InChI is InChI=1S/C28H31Cl2N3O6S/c1-5-31-28(35)19(2)32(17-22-23(29)12-9-13-24(22)30)27(34)18-33(40(36,37)21-10-7-6-8-11-21)20-14-15-25(38-3)26(16-20)39-4/h6-16,19H,5,17-18H2,1-4H3,(H,31,35). The molecule has 0 aliphatic heterocycles. The molecular weight excluding hydrogens is 577 g/mol. The van der Waals surface area contributed by atoms with Crippen LogP contribution in [-0.4, -0.2) is 58.5 Å². The van der Waals surface area contributed by atoms with Gasteiger partial charge in [0, 0.05) is 34.8 Å². The molecule has 1 unspecified atom stereocenters. The number of hydrogen-bond donors (Lipinski definition) is 1. The first-order chi connectivity index (χ1) is 19.0. The first kappa shape index (κ1) is 31.1. The lowest BCUT2D eigenvalue weighted by molar-refractivity contribution is -0.139. The predicted molar refractivity (Wildman–Crippen MR) is 156 cm³/mol. The van der Waals surface area contributed by atoms with Crippen molar-refractivity contribution in [3.05, 3.63) is 82.3 Å². The van der Waals surface area contributed by atoms with Gasteiger partial charge in [-0.05, 0) is 50.2 Å². The molecule has 1 N–H and O–H groups in total. The lowest BCUT2D eigenvalue weighted by Crippen LogP contribution is -2.51. The smallest absolute Gasteiger partial charge is 0.264 e. The molecule has 0 radical (unpaired) electrons. The van der Waals surface area contributed by atoms with Crippen molar-refractivity contribution in [2.24, 2.45) is 0 Å². The second-order valence-corrected chi connectivity index (χ2v) is 11.3. The zero-order valence-electron chi connectivity index (χ0n) is 22.6. The molecule has 0 aliphatic carbocycles. The Balaban J connectivity index is 2.11. The molecule has 0 aliphatic rings. The first-order valence-corrected chi connectivity index (χ1v) is 14.5. The third kappa shape index (κ3) is 6.99. The zero-order valence-corrected chi connectivity index (χ0v) is 24.9. The summed E-state index contributed by atoms with van der Waals surface area (Å²) in [6, 6.07) is 16.2. The van der Waals surface area contributed by atoms with Crippen LogP contribution in [0.5, 0.6) is 11.5 Å². The molecule has 0 heterocycles. The van der Waals surface area contributed by atoms with Gasteiger partial charge in [-0.15, -0.1) is 0 Å². The van der Waals surface area contributed by atoms with Crippen molar-refractivity contribution in [1.82, 2.24) is 10.2 Å². The van der Waals surface area contributed by atoms with Crippen molar-refractivity contribution in [1.29, 1.82) is 0 Å². The van der Waals surface area contributed by atoms with Gasteiger partial charge in [-0.1, -0.05) is 47.5 Å². The van der Waals surface area contributed by atoms with Gasteiger partial charge < -0.3 is 19.7 Å². The fourth-order valence-corrected chi connectivity index (χ4v) is 5.93. The van der Waals surface area contributed by atoms with Crippen molar-refractivity contribution < 1.29 is 27.5 Å². The van der Waals surface area contributed by atoms with E-state index in [2.05, 4.69) is 5.32 Å². The van der Waals surface area contributed by atoms with Crippen LogP contribution in [0.3, 0.4) is 0 Å². The van der Waals surface area contributed by atoms with E-state index in [9.17, 15) is 18.0 Å². The molecule has 0 saturated heterocycles. The van der Waals surface area contributed by atoms with E-state index in [0.29, 0.717) is 27.9 Å². The molecule has 3 aromatic carbocycles. The largest absolute Gasteiger partial charge is 0.493 e. The van der Waals surface area contributed by atoms with E-state index in [1.165, 1.54) is 43.4 Å². The Labute approximate surface area is 244 Å². The summed E-state index contributed by atoms with van der Waals surface area (Å²) in [5.41, 5.74) is 0.593. The van der Waals surface area contributed by atoms with Crippen LogP contribution in [0.4, 0.5) is 5.69 Å². The van der Waals surface area contributed by atoms with Gasteiger partial charge in [0.05, 0.1) is 24.8 Å². The van der Waals surface area contributed by atoms with Crippen molar-refractivity contribution in [2.75, 3.05) is 31.6 Å². The van der Waals surface area contributed by atoms with E-state index in [1.54, 1.807) is 56.3 Å². The monoisotopic (exact) mass is 607 g/mol. The van der Waals surface area contributed by atoms with Gasteiger partial charge in [0.25, 0.3) is 10.0 Å². The van der Waals surface area contributed by atoms with Crippen molar-refractivity contribution in [3.63, 3.8) is 0 Å². The summed E-state index contributed by atoms with van der Waals surface area (Å²) in [6.45, 7) is 2.91. The number of rotatable bonds is 12. The molecule has 0 spiro atoms. The molecule has 12 heteroatoms. The molecule has 40 heavy (non-hydrogen) atoms. The summed E-state index contributed by atoms with van der Waals surface area (Å²) >= 11 is 12.8. The van der Waals surface area contributed by atoms with Gasteiger partial charge in [0.2, 0.25) is 11.8 Å². The van der Waals surface area contributed by atoms with E-state index in [4.69, 9.17) is 32.7 Å². The Morgan fingerprint density at radius 2 is 1.55 bits per heavy atom. The maximum Gasteiger partial charge on any atom is 0.264 e. The minimum atomic E-state index is -4.24. The number of benzene rings is 3. The van der Waals surface area contributed by atoms with E-state index in [-0.39, 0.29) is 22.9 Å². The van der Waals surface area contributed by atoms with Crippen LogP contribution in [0.2, 0.25) is 10.0 Å². The zero-order chi connectivity index (χ0) is 29.4. The van der Waals surface area contributed by atoms with Gasteiger partial charge in [-0.3, -0.25) is 13.9 Å². The van der Waals surface area contributed by atoms with Gasteiger partial charge in [-0.2, -0.15) is 0 Å². The molecule has 3 rings (SSSR count). The van der Waals surface area contributed by atoms with Crippen LogP contribution in [0.1, 0.15) is 19.4 Å². The molecule has 9 nitrogen and oxygen atoms in total. The van der Waals surface area contributed by atoms with Crippen LogP contribution in [0.15, 0.2) is 71.6 Å². The minimum Gasteiger partial charge on any atom is -0.493 e. The van der Waals surface area contributed by atoms with Crippen molar-refractivity contribution >= 4 is 50.7 Å². The highest BCUT2D eigenvalue weighted by molar-refractivity contribution is 7.92. The van der Waals surface area contributed by atoms with Gasteiger partial charge >= 0.3 is 0 Å². The first-order valence-electron chi connectivity index (χ1n) is 12.3. The number of likely N-dealkylation sites (N-methyl/N-ethyl adjacent to an activating group) is 1. The van der Waals surface area contributed by atoms with Gasteiger partial charge in [-0.25, -0.2) is 8.42 Å². The van der Waals surface area contributed by atoms with Crippen LogP contribution < -0.4 is 19.1 Å². The quantitative estimate of drug-likeness (QED) is 0.318. The van der Waals surface area contributed by atoms with Gasteiger partial charge in [0.1, 0.15) is 12.6 Å².